The summed E-state index contributed by atoms with van der Waals surface area (Å²) in [4.78, 5) is 38.2. The van der Waals surface area contributed by atoms with Gasteiger partial charge < -0.3 is 14.2 Å². The minimum absolute atomic E-state index is 0.0748. The van der Waals surface area contributed by atoms with Crippen LogP contribution in [0.5, 0.6) is 0 Å². The van der Waals surface area contributed by atoms with E-state index in [9.17, 15) is 14.4 Å². The molecule has 0 amide bonds. The SMILES string of the molecule is CC/C=C\C/C=C\C/C=C\C/C=C\CCCCCCCCC(=O)OC(COC(=O)CCCCCCCCCC)COC(=O)CCCCCCCCCCCCCCCCCCCCCCCCCCCCCCCCCCCC. The molecule has 79 heavy (non-hydrogen) atoms. The molecular weight excluding hydrogens is 973 g/mol. The maximum atomic E-state index is 12.9. The summed E-state index contributed by atoms with van der Waals surface area (Å²) in [5.41, 5.74) is 0. The molecule has 0 aromatic rings. The fourth-order valence-corrected chi connectivity index (χ4v) is 10.6. The Kier molecular flexibility index (Phi) is 65.6. The minimum Gasteiger partial charge on any atom is -0.462 e. The second-order valence-corrected chi connectivity index (χ2v) is 23.8. The summed E-state index contributed by atoms with van der Waals surface area (Å²) >= 11 is 0. The van der Waals surface area contributed by atoms with Crippen molar-refractivity contribution in [2.45, 2.75) is 386 Å². The first-order valence-electron chi connectivity index (χ1n) is 35.1. The largest absolute Gasteiger partial charge is 0.462 e. The highest BCUT2D eigenvalue weighted by Gasteiger charge is 2.19. The monoisotopic (exact) mass is 1110 g/mol. The molecule has 0 N–H and O–H groups in total. The van der Waals surface area contributed by atoms with Crippen LogP contribution in [0.25, 0.3) is 0 Å². The third kappa shape index (κ3) is 66.1. The summed E-state index contributed by atoms with van der Waals surface area (Å²) in [5, 5.41) is 0. The first kappa shape index (κ1) is 76.4. The number of hydrogen-bond acceptors (Lipinski definition) is 6. The maximum Gasteiger partial charge on any atom is 0.306 e. The van der Waals surface area contributed by atoms with E-state index in [2.05, 4.69) is 69.4 Å². The Balaban J connectivity index is 3.99. The van der Waals surface area contributed by atoms with Gasteiger partial charge in [-0.25, -0.2) is 0 Å². The standard InChI is InChI=1S/C73H134O6/c1-4-7-10-13-16-19-21-23-25-27-29-30-31-32-33-34-35-36-37-38-39-40-41-42-43-45-46-48-50-52-54-57-60-63-66-72(75)78-69-70(68-77-71(74)65-62-59-56-18-15-12-9-6-3)79-73(76)67-64-61-58-55-53-51-49-47-44-28-26-24-22-20-17-14-11-8-5-2/h8,11,17,20,24,26,44,47,70H,4-7,9-10,12-16,18-19,21-23,25,27-43,45-46,48-69H2,1-3H3/b11-8-,20-17-,26-24-,47-44-. The van der Waals surface area contributed by atoms with E-state index in [1.54, 1.807) is 0 Å². The Hall–Kier alpha value is -2.63. The number of ether oxygens (including phenoxy) is 3. The molecule has 6 nitrogen and oxygen atoms in total. The van der Waals surface area contributed by atoms with Crippen molar-refractivity contribution in [1.82, 2.24) is 0 Å². The predicted octanol–water partition coefficient (Wildman–Crippen LogP) is 24.1. The Bertz CT molecular complexity index is 1360. The van der Waals surface area contributed by atoms with E-state index in [4.69, 9.17) is 14.2 Å². The van der Waals surface area contributed by atoms with Gasteiger partial charge in [0.25, 0.3) is 0 Å². The van der Waals surface area contributed by atoms with Crippen LogP contribution in [0.2, 0.25) is 0 Å². The van der Waals surface area contributed by atoms with Crippen molar-refractivity contribution in [1.29, 1.82) is 0 Å². The Morgan fingerprint density at radius 2 is 0.494 bits per heavy atom. The topological polar surface area (TPSA) is 78.9 Å². The second kappa shape index (κ2) is 67.9. The average molecular weight is 1110 g/mol. The van der Waals surface area contributed by atoms with Crippen molar-refractivity contribution in [3.05, 3.63) is 48.6 Å². The van der Waals surface area contributed by atoms with Gasteiger partial charge in [-0.3, -0.25) is 14.4 Å². The van der Waals surface area contributed by atoms with Crippen LogP contribution in [-0.4, -0.2) is 37.2 Å². The third-order valence-electron chi connectivity index (χ3n) is 15.8. The lowest BCUT2D eigenvalue weighted by molar-refractivity contribution is -0.167. The lowest BCUT2D eigenvalue weighted by atomic mass is 10.0. The quantitative estimate of drug-likeness (QED) is 0.0261. The van der Waals surface area contributed by atoms with Gasteiger partial charge in [0.1, 0.15) is 13.2 Å². The van der Waals surface area contributed by atoms with Crippen LogP contribution in [0.15, 0.2) is 48.6 Å². The van der Waals surface area contributed by atoms with Crippen molar-refractivity contribution < 1.29 is 28.6 Å². The molecule has 0 aliphatic rings. The molecule has 0 fully saturated rings. The van der Waals surface area contributed by atoms with Crippen molar-refractivity contribution >= 4 is 17.9 Å². The summed E-state index contributed by atoms with van der Waals surface area (Å²) in [6.07, 6.45) is 86.1. The Morgan fingerprint density at radius 1 is 0.266 bits per heavy atom. The molecule has 0 aromatic heterocycles. The molecule has 0 saturated carbocycles. The van der Waals surface area contributed by atoms with Gasteiger partial charge in [-0.2, -0.15) is 0 Å². The summed E-state index contributed by atoms with van der Waals surface area (Å²) in [6.45, 7) is 6.54. The van der Waals surface area contributed by atoms with E-state index in [-0.39, 0.29) is 31.1 Å². The van der Waals surface area contributed by atoms with Crippen LogP contribution in [0.1, 0.15) is 380 Å². The van der Waals surface area contributed by atoms with Gasteiger partial charge in [-0.15, -0.1) is 0 Å². The first-order chi connectivity index (χ1) is 39.0. The highest BCUT2D eigenvalue weighted by molar-refractivity contribution is 5.71. The van der Waals surface area contributed by atoms with Crippen LogP contribution in [-0.2, 0) is 28.6 Å². The maximum absolute atomic E-state index is 12.9. The van der Waals surface area contributed by atoms with Crippen LogP contribution in [0.3, 0.4) is 0 Å². The van der Waals surface area contributed by atoms with Gasteiger partial charge in [0.2, 0.25) is 0 Å². The molecule has 0 spiro atoms. The van der Waals surface area contributed by atoms with E-state index in [1.165, 1.54) is 244 Å². The zero-order valence-corrected chi connectivity index (χ0v) is 53.2. The number of carbonyl (C=O) groups excluding carboxylic acids is 3. The predicted molar refractivity (Wildman–Crippen MR) is 344 cm³/mol. The third-order valence-corrected chi connectivity index (χ3v) is 15.8. The van der Waals surface area contributed by atoms with Crippen molar-refractivity contribution in [2.75, 3.05) is 13.2 Å². The van der Waals surface area contributed by atoms with Gasteiger partial charge >= 0.3 is 17.9 Å². The smallest absolute Gasteiger partial charge is 0.306 e. The number of esters is 3. The number of carbonyl (C=O) groups is 3. The molecule has 462 valence electrons. The summed E-state index contributed by atoms with van der Waals surface area (Å²) in [5.74, 6) is -0.873. The molecule has 0 aromatic carbocycles. The molecule has 0 saturated heterocycles. The number of allylic oxidation sites excluding steroid dienone is 8. The number of hydrogen-bond donors (Lipinski definition) is 0. The molecule has 1 unspecified atom stereocenters. The number of rotatable bonds is 65. The highest BCUT2D eigenvalue weighted by Crippen LogP contribution is 2.19. The lowest BCUT2D eigenvalue weighted by Gasteiger charge is -2.18. The molecule has 0 heterocycles. The van der Waals surface area contributed by atoms with Crippen molar-refractivity contribution in [3.63, 3.8) is 0 Å². The van der Waals surface area contributed by atoms with Gasteiger partial charge in [0.15, 0.2) is 6.10 Å². The molecule has 0 bridgehead atoms. The van der Waals surface area contributed by atoms with Gasteiger partial charge in [-0.05, 0) is 57.8 Å². The fraction of sp³-hybridized carbons (Fsp3) is 0.849. The van der Waals surface area contributed by atoms with E-state index < -0.39 is 6.10 Å². The normalized spacial score (nSPS) is 12.3. The van der Waals surface area contributed by atoms with E-state index in [1.807, 2.05) is 0 Å². The molecular formula is C73H134O6. The summed E-state index contributed by atoms with van der Waals surface area (Å²) in [7, 11) is 0. The van der Waals surface area contributed by atoms with Gasteiger partial charge in [0.05, 0.1) is 0 Å². The summed E-state index contributed by atoms with van der Waals surface area (Å²) < 4.78 is 16.9. The van der Waals surface area contributed by atoms with Crippen molar-refractivity contribution in [3.8, 4) is 0 Å². The van der Waals surface area contributed by atoms with E-state index >= 15 is 0 Å². The van der Waals surface area contributed by atoms with Crippen LogP contribution in [0, 0.1) is 0 Å². The van der Waals surface area contributed by atoms with Crippen molar-refractivity contribution in [2.24, 2.45) is 0 Å². The molecule has 1 atom stereocenters. The Morgan fingerprint density at radius 3 is 0.772 bits per heavy atom. The fourth-order valence-electron chi connectivity index (χ4n) is 10.6. The van der Waals surface area contributed by atoms with E-state index in [0.717, 1.165) is 96.3 Å². The Labute approximate surface area is 492 Å². The zero-order valence-electron chi connectivity index (χ0n) is 53.2. The molecule has 0 aliphatic heterocycles. The molecule has 0 rings (SSSR count). The average Bonchev–Trinajstić information content (AvgIpc) is 3.45. The highest BCUT2D eigenvalue weighted by atomic mass is 16.6. The van der Waals surface area contributed by atoms with Crippen LogP contribution >= 0.6 is 0 Å². The number of unbranched alkanes of at least 4 members (excludes halogenated alkanes) is 46. The van der Waals surface area contributed by atoms with E-state index in [0.29, 0.717) is 19.3 Å². The molecule has 6 heteroatoms. The first-order valence-corrected chi connectivity index (χ1v) is 35.1. The van der Waals surface area contributed by atoms with Gasteiger partial charge in [0, 0.05) is 19.3 Å². The summed E-state index contributed by atoms with van der Waals surface area (Å²) in [6, 6.07) is 0. The lowest BCUT2D eigenvalue weighted by Crippen LogP contribution is -2.30. The molecule has 0 radical (unpaired) electrons. The minimum atomic E-state index is -0.777. The zero-order chi connectivity index (χ0) is 57.1. The molecule has 0 aliphatic carbocycles. The van der Waals surface area contributed by atoms with Crippen LogP contribution in [0.4, 0.5) is 0 Å². The van der Waals surface area contributed by atoms with Crippen LogP contribution < -0.4 is 0 Å². The second-order valence-electron chi connectivity index (χ2n) is 23.8. The van der Waals surface area contributed by atoms with Gasteiger partial charge in [-0.1, -0.05) is 352 Å².